The molecule has 0 fully saturated rings. The van der Waals surface area contributed by atoms with Gasteiger partial charge in [0.1, 0.15) is 0 Å². The lowest BCUT2D eigenvalue weighted by molar-refractivity contribution is 0.632. The molecule has 1 aromatic heterocycles. The molecule has 1 unspecified atom stereocenters. The second kappa shape index (κ2) is 7.60. The summed E-state index contributed by atoms with van der Waals surface area (Å²) in [7, 11) is 0. The van der Waals surface area contributed by atoms with E-state index in [9.17, 15) is 0 Å². The van der Waals surface area contributed by atoms with E-state index >= 15 is 0 Å². The van der Waals surface area contributed by atoms with E-state index in [-0.39, 0.29) is 0 Å². The minimum absolute atomic E-state index is 0.479. The number of aromatic nitrogens is 2. The van der Waals surface area contributed by atoms with E-state index in [1.165, 1.54) is 18.6 Å². The van der Waals surface area contributed by atoms with Crippen molar-refractivity contribution in [3.05, 3.63) is 12.4 Å². The highest BCUT2D eigenvalue weighted by Gasteiger charge is 2.06. The third kappa shape index (κ3) is 4.47. The van der Waals surface area contributed by atoms with Crippen molar-refractivity contribution in [2.24, 2.45) is 0 Å². The van der Waals surface area contributed by atoms with Crippen LogP contribution in [-0.2, 0) is 6.54 Å². The number of imidazole rings is 1. The van der Waals surface area contributed by atoms with Gasteiger partial charge in [0.15, 0.2) is 0 Å². The van der Waals surface area contributed by atoms with Gasteiger partial charge in [-0.15, -0.1) is 0 Å². The Morgan fingerprint density at radius 2 is 2.31 bits per heavy atom. The van der Waals surface area contributed by atoms with Gasteiger partial charge in [0.05, 0.1) is 0 Å². The van der Waals surface area contributed by atoms with E-state index < -0.39 is 0 Å². The molecule has 0 radical (unpaired) electrons. The third-order valence-corrected chi connectivity index (χ3v) is 3.56. The summed E-state index contributed by atoms with van der Waals surface area (Å²) in [6.07, 6.45) is 6.36. The Bertz CT molecular complexity index is 286. The topological polar surface area (TPSA) is 29.9 Å². The van der Waals surface area contributed by atoms with Crippen LogP contribution in [0.3, 0.4) is 0 Å². The highest BCUT2D eigenvalue weighted by atomic mass is 32.2. The number of anilines is 1. The number of aryl methyl sites for hydroxylation is 1. The van der Waals surface area contributed by atoms with Gasteiger partial charge in [-0.05, 0) is 19.1 Å². The van der Waals surface area contributed by atoms with E-state index in [0.717, 1.165) is 18.2 Å². The molecule has 0 aliphatic heterocycles. The number of rotatable bonds is 8. The lowest BCUT2D eigenvalue weighted by atomic mass is 10.3. The summed E-state index contributed by atoms with van der Waals surface area (Å²) in [5.74, 6) is 3.32. The average Bonchev–Trinajstić information content (AvgIpc) is 2.71. The fourth-order valence-electron chi connectivity index (χ4n) is 1.51. The maximum Gasteiger partial charge on any atom is 0.203 e. The molecule has 1 aromatic rings. The van der Waals surface area contributed by atoms with Crippen LogP contribution < -0.4 is 5.32 Å². The molecule has 0 aliphatic rings. The molecular formula is C12H23N3S. The van der Waals surface area contributed by atoms with E-state index in [1.807, 2.05) is 18.0 Å². The molecule has 1 heterocycles. The van der Waals surface area contributed by atoms with Crippen LogP contribution in [0, 0.1) is 0 Å². The van der Waals surface area contributed by atoms with Gasteiger partial charge in [0.25, 0.3) is 0 Å². The van der Waals surface area contributed by atoms with Crippen molar-refractivity contribution in [1.29, 1.82) is 0 Å². The van der Waals surface area contributed by atoms with Crippen LogP contribution in [-0.4, -0.2) is 27.1 Å². The molecule has 4 heteroatoms. The molecule has 16 heavy (non-hydrogen) atoms. The van der Waals surface area contributed by atoms with Crippen molar-refractivity contribution >= 4 is 17.7 Å². The summed E-state index contributed by atoms with van der Waals surface area (Å²) in [5, 5.41) is 3.47. The standard InChI is InChI=1S/C12H23N3S/c1-4-6-8-15-9-7-13-12(15)14-11(3)10-16-5-2/h7,9,11H,4-6,8,10H2,1-3H3,(H,13,14). The largest absolute Gasteiger partial charge is 0.352 e. The molecule has 0 aromatic carbocycles. The Balaban J connectivity index is 2.42. The molecular weight excluding hydrogens is 218 g/mol. The molecule has 1 rings (SSSR count). The molecule has 1 atom stereocenters. The van der Waals surface area contributed by atoms with Gasteiger partial charge >= 0.3 is 0 Å². The molecule has 0 saturated carbocycles. The minimum atomic E-state index is 0.479. The molecule has 0 saturated heterocycles. The van der Waals surface area contributed by atoms with Crippen LogP contribution in [0.5, 0.6) is 0 Å². The summed E-state index contributed by atoms with van der Waals surface area (Å²) < 4.78 is 2.20. The minimum Gasteiger partial charge on any atom is -0.352 e. The number of thioether (sulfide) groups is 1. The van der Waals surface area contributed by atoms with Crippen molar-refractivity contribution in [3.8, 4) is 0 Å². The van der Waals surface area contributed by atoms with Crippen LogP contribution >= 0.6 is 11.8 Å². The van der Waals surface area contributed by atoms with Gasteiger partial charge in [0, 0.05) is 30.7 Å². The maximum absolute atomic E-state index is 4.36. The van der Waals surface area contributed by atoms with Crippen LogP contribution in [0.2, 0.25) is 0 Å². The summed E-state index contributed by atoms with van der Waals surface area (Å²) in [4.78, 5) is 4.36. The predicted molar refractivity (Wildman–Crippen MR) is 73.2 cm³/mol. The van der Waals surface area contributed by atoms with Crippen molar-refractivity contribution in [2.75, 3.05) is 16.8 Å². The van der Waals surface area contributed by atoms with Crippen molar-refractivity contribution in [2.45, 2.75) is 46.2 Å². The Hall–Kier alpha value is -0.640. The monoisotopic (exact) mass is 241 g/mol. The van der Waals surface area contributed by atoms with Gasteiger partial charge < -0.3 is 9.88 Å². The molecule has 0 amide bonds. The van der Waals surface area contributed by atoms with Gasteiger partial charge in [0.2, 0.25) is 5.95 Å². The van der Waals surface area contributed by atoms with Crippen molar-refractivity contribution < 1.29 is 0 Å². The van der Waals surface area contributed by atoms with Crippen LogP contribution in [0.25, 0.3) is 0 Å². The van der Waals surface area contributed by atoms with Crippen LogP contribution in [0.4, 0.5) is 5.95 Å². The first-order valence-electron chi connectivity index (χ1n) is 6.13. The Labute approximate surface area is 103 Å². The normalized spacial score (nSPS) is 12.7. The quantitative estimate of drug-likeness (QED) is 0.758. The molecule has 1 N–H and O–H groups in total. The zero-order chi connectivity index (χ0) is 11.8. The molecule has 92 valence electrons. The first-order chi connectivity index (χ1) is 7.77. The van der Waals surface area contributed by atoms with Gasteiger partial charge in [-0.2, -0.15) is 11.8 Å². The average molecular weight is 241 g/mol. The summed E-state index contributed by atoms with van der Waals surface area (Å²) in [6.45, 7) is 7.68. The lowest BCUT2D eigenvalue weighted by Crippen LogP contribution is -2.21. The molecule has 0 aliphatic carbocycles. The second-order valence-corrected chi connectivity index (χ2v) is 5.32. The lowest BCUT2D eigenvalue weighted by Gasteiger charge is -2.15. The van der Waals surface area contributed by atoms with E-state index in [1.54, 1.807) is 0 Å². The zero-order valence-electron chi connectivity index (χ0n) is 10.6. The number of hydrogen-bond donors (Lipinski definition) is 1. The van der Waals surface area contributed by atoms with E-state index in [2.05, 4.69) is 41.8 Å². The van der Waals surface area contributed by atoms with Gasteiger partial charge in [-0.3, -0.25) is 0 Å². The van der Waals surface area contributed by atoms with Gasteiger partial charge in [-0.1, -0.05) is 20.3 Å². The fraction of sp³-hybridized carbons (Fsp3) is 0.750. The fourth-order valence-corrected chi connectivity index (χ4v) is 2.19. The number of hydrogen-bond acceptors (Lipinski definition) is 3. The number of nitrogens with zero attached hydrogens (tertiary/aromatic N) is 2. The first-order valence-corrected chi connectivity index (χ1v) is 7.28. The maximum atomic E-state index is 4.36. The third-order valence-electron chi connectivity index (χ3n) is 2.42. The second-order valence-electron chi connectivity index (χ2n) is 4.00. The van der Waals surface area contributed by atoms with Crippen molar-refractivity contribution in [3.63, 3.8) is 0 Å². The Morgan fingerprint density at radius 3 is 3.00 bits per heavy atom. The molecule has 3 nitrogen and oxygen atoms in total. The Kier molecular flexibility index (Phi) is 6.38. The molecule has 0 spiro atoms. The van der Waals surface area contributed by atoms with Crippen LogP contribution in [0.15, 0.2) is 12.4 Å². The predicted octanol–water partition coefficient (Wildman–Crippen LogP) is 3.24. The summed E-state index contributed by atoms with van der Waals surface area (Å²) >= 11 is 1.96. The van der Waals surface area contributed by atoms with Gasteiger partial charge in [-0.25, -0.2) is 4.98 Å². The van der Waals surface area contributed by atoms with Crippen LogP contribution in [0.1, 0.15) is 33.6 Å². The number of unbranched alkanes of at least 4 members (excludes halogenated alkanes) is 1. The SMILES string of the molecule is CCCCn1ccnc1NC(C)CSCC. The zero-order valence-corrected chi connectivity index (χ0v) is 11.4. The number of nitrogens with one attached hydrogen (secondary N) is 1. The smallest absolute Gasteiger partial charge is 0.203 e. The van der Waals surface area contributed by atoms with E-state index in [0.29, 0.717) is 6.04 Å². The van der Waals surface area contributed by atoms with E-state index in [4.69, 9.17) is 0 Å². The molecule has 0 bridgehead atoms. The highest BCUT2D eigenvalue weighted by Crippen LogP contribution is 2.10. The Morgan fingerprint density at radius 1 is 1.50 bits per heavy atom. The highest BCUT2D eigenvalue weighted by molar-refractivity contribution is 7.99. The summed E-state index contributed by atoms with van der Waals surface area (Å²) in [5.41, 5.74) is 0. The first kappa shape index (κ1) is 13.4. The van der Waals surface area contributed by atoms with Crippen molar-refractivity contribution in [1.82, 2.24) is 9.55 Å². The summed E-state index contributed by atoms with van der Waals surface area (Å²) in [6, 6.07) is 0.479.